The summed E-state index contributed by atoms with van der Waals surface area (Å²) in [6.07, 6.45) is 9.16. The molecule has 4 nitrogen and oxygen atoms in total. The van der Waals surface area contributed by atoms with E-state index in [1.165, 1.54) is 18.5 Å². The van der Waals surface area contributed by atoms with Crippen LogP contribution >= 0.6 is 11.6 Å². The minimum atomic E-state index is 0.676. The monoisotopic (exact) mass is 476 g/mol. The largest absolute Gasteiger partial charge is 0.376 e. The first-order valence-corrected chi connectivity index (χ1v) is 12.4. The van der Waals surface area contributed by atoms with Gasteiger partial charge in [0.2, 0.25) is 0 Å². The molecule has 34 heavy (non-hydrogen) atoms. The molecule has 1 aliphatic rings. The van der Waals surface area contributed by atoms with Gasteiger partial charge < -0.3 is 14.7 Å². The van der Waals surface area contributed by atoms with Gasteiger partial charge in [-0.25, -0.2) is 4.98 Å². The molecule has 0 bridgehead atoms. The summed E-state index contributed by atoms with van der Waals surface area (Å²) in [6, 6.07) is 8.12. The number of unbranched alkanes of at least 4 members (excludes halogenated alkanes) is 1. The Kier molecular flexibility index (Phi) is 9.00. The van der Waals surface area contributed by atoms with E-state index in [4.69, 9.17) is 16.6 Å². The lowest BCUT2D eigenvalue weighted by Gasteiger charge is -2.39. The van der Waals surface area contributed by atoms with Crippen molar-refractivity contribution >= 4 is 33.8 Å². The van der Waals surface area contributed by atoms with Crippen molar-refractivity contribution in [2.75, 3.05) is 39.8 Å². The van der Waals surface area contributed by atoms with E-state index in [-0.39, 0.29) is 0 Å². The maximum Gasteiger partial charge on any atom is 0.0738 e. The Bertz CT molecular complexity index is 1090. The predicted octanol–water partition coefficient (Wildman–Crippen LogP) is 6.83. The van der Waals surface area contributed by atoms with Crippen molar-refractivity contribution in [2.24, 2.45) is 0 Å². The first-order valence-electron chi connectivity index (χ1n) is 12.0. The molecule has 0 spiro atoms. The highest BCUT2D eigenvalue weighted by Gasteiger charge is 2.20. The van der Waals surface area contributed by atoms with Crippen molar-refractivity contribution in [1.29, 1.82) is 0 Å². The third kappa shape index (κ3) is 6.12. The van der Waals surface area contributed by atoms with Crippen molar-refractivity contribution in [3.8, 4) is 0 Å². The smallest absolute Gasteiger partial charge is 0.0738 e. The van der Waals surface area contributed by atoms with Gasteiger partial charge in [-0.2, -0.15) is 0 Å². The summed E-state index contributed by atoms with van der Waals surface area (Å²) >= 11 is 6.65. The fourth-order valence-electron chi connectivity index (χ4n) is 4.24. The first-order chi connectivity index (χ1) is 16.4. The van der Waals surface area contributed by atoms with E-state index in [9.17, 15) is 0 Å². The van der Waals surface area contributed by atoms with Gasteiger partial charge in [0.1, 0.15) is 0 Å². The Hall–Kier alpha value is -2.98. The number of fused-ring (bicyclic) bond motifs is 1. The Morgan fingerprint density at radius 2 is 1.82 bits per heavy atom. The van der Waals surface area contributed by atoms with Gasteiger partial charge in [0.25, 0.3) is 0 Å². The first kappa shape index (κ1) is 25.6. The molecule has 2 heterocycles. The number of rotatable bonds is 11. The Labute approximate surface area is 210 Å². The van der Waals surface area contributed by atoms with Gasteiger partial charge in [-0.05, 0) is 30.5 Å². The highest BCUT2D eigenvalue weighted by Crippen LogP contribution is 2.30. The van der Waals surface area contributed by atoms with Gasteiger partial charge in [0.05, 0.1) is 16.2 Å². The van der Waals surface area contributed by atoms with E-state index >= 15 is 0 Å². The molecular weight excluding hydrogens is 440 g/mol. The minimum absolute atomic E-state index is 0.676. The molecule has 180 valence electrons. The average Bonchev–Trinajstić information content (AvgIpc) is 2.85. The lowest BCUT2D eigenvalue weighted by Crippen LogP contribution is -2.44. The van der Waals surface area contributed by atoms with Crippen molar-refractivity contribution in [3.63, 3.8) is 0 Å². The summed E-state index contributed by atoms with van der Waals surface area (Å²) in [5.41, 5.74) is 5.91. The topological polar surface area (TPSA) is 22.6 Å². The van der Waals surface area contributed by atoms with Gasteiger partial charge in [-0.15, -0.1) is 6.58 Å². The van der Waals surface area contributed by atoms with Crippen LogP contribution in [0.3, 0.4) is 0 Å². The van der Waals surface area contributed by atoms with E-state index in [0.29, 0.717) is 5.02 Å². The minimum Gasteiger partial charge on any atom is -0.376 e. The lowest BCUT2D eigenvalue weighted by molar-refractivity contribution is 0.209. The molecule has 0 saturated carbocycles. The molecule has 3 rings (SSSR count). The number of benzene rings is 1. The molecule has 0 aliphatic carbocycles. The van der Waals surface area contributed by atoms with E-state index < -0.39 is 0 Å². The van der Waals surface area contributed by atoms with Crippen molar-refractivity contribution < 1.29 is 0 Å². The summed E-state index contributed by atoms with van der Waals surface area (Å²) in [4.78, 5) is 11.7. The number of hydrogen-bond acceptors (Lipinski definition) is 4. The second-order valence-corrected chi connectivity index (χ2v) is 9.24. The molecule has 0 N–H and O–H groups in total. The van der Waals surface area contributed by atoms with Crippen molar-refractivity contribution in [3.05, 3.63) is 90.9 Å². The summed E-state index contributed by atoms with van der Waals surface area (Å²) < 4.78 is 0. The van der Waals surface area contributed by atoms with Crippen molar-refractivity contribution in [2.45, 2.75) is 26.2 Å². The van der Waals surface area contributed by atoms with Gasteiger partial charge in [0, 0.05) is 68.3 Å². The maximum atomic E-state index is 6.65. The number of likely N-dealkylation sites (N-methyl/N-ethyl adjacent to an activating group) is 1. The SMILES string of the molecule is C=CCN(C)/C=C(\C=C)c1cc(Cl)c2ccc(C(=C)N3CCN(C(=C)CCCC)CC3)cc2n1. The van der Waals surface area contributed by atoms with Gasteiger partial charge in [0.15, 0.2) is 0 Å². The number of pyridine rings is 1. The fourth-order valence-corrected chi connectivity index (χ4v) is 4.51. The Morgan fingerprint density at radius 1 is 1.12 bits per heavy atom. The van der Waals surface area contributed by atoms with Crippen LogP contribution in [0.1, 0.15) is 37.4 Å². The standard InChI is InChI=1S/C29H37ClN4/c1-7-10-11-22(4)33-15-17-34(18-16-33)23(5)25-12-13-26-27(30)20-28(31-29(26)19-25)24(9-3)21-32(6)14-8-2/h8-9,12-13,19-21H,2-5,7,10-11,14-18H2,1,6H3/b24-21+. The van der Waals surface area contributed by atoms with E-state index in [0.717, 1.165) is 72.6 Å². The highest BCUT2D eigenvalue weighted by atomic mass is 35.5. The number of nitrogens with zero attached hydrogens (tertiary/aromatic N) is 4. The Morgan fingerprint density at radius 3 is 2.47 bits per heavy atom. The highest BCUT2D eigenvalue weighted by molar-refractivity contribution is 6.35. The van der Waals surface area contributed by atoms with Crippen LogP contribution in [0.2, 0.25) is 5.02 Å². The second kappa shape index (κ2) is 11.9. The van der Waals surface area contributed by atoms with Crippen molar-refractivity contribution in [1.82, 2.24) is 19.7 Å². The van der Waals surface area contributed by atoms with E-state index in [1.807, 2.05) is 36.4 Å². The molecular formula is C29H37ClN4. The van der Waals surface area contributed by atoms with E-state index in [1.54, 1.807) is 6.08 Å². The number of hydrogen-bond donors (Lipinski definition) is 0. The maximum absolute atomic E-state index is 6.65. The second-order valence-electron chi connectivity index (χ2n) is 8.83. The third-order valence-corrected chi connectivity index (χ3v) is 6.63. The van der Waals surface area contributed by atoms with Crippen LogP contribution in [0.15, 0.2) is 74.6 Å². The fraction of sp³-hybridized carbons (Fsp3) is 0.345. The molecule has 1 saturated heterocycles. The Balaban J connectivity index is 1.80. The number of allylic oxidation sites excluding steroid dienone is 3. The summed E-state index contributed by atoms with van der Waals surface area (Å²) in [5, 5.41) is 1.61. The third-order valence-electron chi connectivity index (χ3n) is 6.31. The molecule has 0 amide bonds. The van der Waals surface area contributed by atoms with Crippen LogP contribution in [0, 0.1) is 0 Å². The summed E-state index contributed by atoms with van der Waals surface area (Å²) in [5.74, 6) is 0. The zero-order valence-electron chi connectivity index (χ0n) is 20.7. The molecule has 2 aromatic rings. The molecule has 1 aliphatic heterocycles. The summed E-state index contributed by atoms with van der Waals surface area (Å²) in [7, 11) is 1.99. The van der Waals surface area contributed by atoms with Crippen LogP contribution in [0.5, 0.6) is 0 Å². The molecule has 1 fully saturated rings. The molecule has 1 aromatic carbocycles. The van der Waals surface area contributed by atoms with Gasteiger partial charge in [-0.1, -0.05) is 69.0 Å². The number of halogens is 1. The quantitative estimate of drug-likeness (QED) is 0.262. The lowest BCUT2D eigenvalue weighted by atomic mass is 10.1. The predicted molar refractivity (Wildman–Crippen MR) is 149 cm³/mol. The number of piperazine rings is 1. The zero-order chi connectivity index (χ0) is 24.7. The van der Waals surface area contributed by atoms with E-state index in [2.05, 4.69) is 55.2 Å². The van der Waals surface area contributed by atoms with Crippen LogP contribution in [0.25, 0.3) is 22.2 Å². The van der Waals surface area contributed by atoms with Crippen LogP contribution in [-0.4, -0.2) is 59.5 Å². The van der Waals surface area contributed by atoms with Crippen LogP contribution in [0.4, 0.5) is 0 Å². The molecule has 5 heteroatoms. The average molecular weight is 477 g/mol. The molecule has 1 aromatic heterocycles. The summed E-state index contributed by atoms with van der Waals surface area (Å²) in [6.45, 7) is 23.3. The normalized spacial score (nSPS) is 14.3. The van der Waals surface area contributed by atoms with Crippen LogP contribution < -0.4 is 0 Å². The molecule has 0 unspecified atom stereocenters. The molecule has 0 radical (unpaired) electrons. The van der Waals surface area contributed by atoms with Crippen LogP contribution in [-0.2, 0) is 0 Å². The zero-order valence-corrected chi connectivity index (χ0v) is 21.4. The van der Waals surface area contributed by atoms with Gasteiger partial charge in [-0.3, -0.25) is 0 Å². The number of aromatic nitrogens is 1. The molecule has 0 atom stereocenters. The van der Waals surface area contributed by atoms with Gasteiger partial charge >= 0.3 is 0 Å².